The molecule has 8 heteroatoms. The van der Waals surface area contributed by atoms with Crippen LogP contribution in [0.2, 0.25) is 5.02 Å². The van der Waals surface area contributed by atoms with Crippen molar-refractivity contribution in [3.63, 3.8) is 0 Å². The number of rotatable bonds is 4. The van der Waals surface area contributed by atoms with E-state index in [9.17, 15) is 13.2 Å². The largest absolute Gasteiger partial charge is 0.416 e. The molecule has 0 aliphatic heterocycles. The van der Waals surface area contributed by atoms with E-state index in [1.807, 2.05) is 35.0 Å². The van der Waals surface area contributed by atoms with Gasteiger partial charge in [-0.3, -0.25) is 5.43 Å². The zero-order valence-corrected chi connectivity index (χ0v) is 14.4. The van der Waals surface area contributed by atoms with Crippen molar-refractivity contribution in [2.45, 2.75) is 13.1 Å². The Labute approximate surface area is 152 Å². The number of hydrogen-bond acceptors (Lipinski definition) is 3. The second-order valence-corrected chi connectivity index (χ2v) is 5.93. The normalized spacial score (nSPS) is 12.3. The van der Waals surface area contributed by atoms with Crippen molar-refractivity contribution in [1.82, 2.24) is 9.55 Å². The summed E-state index contributed by atoms with van der Waals surface area (Å²) in [7, 11) is 0. The van der Waals surface area contributed by atoms with Crippen molar-refractivity contribution in [1.29, 1.82) is 0 Å². The molecular weight excluding hydrogens is 365 g/mol. The highest BCUT2D eigenvalue weighted by molar-refractivity contribution is 6.33. The molecule has 0 aliphatic rings. The van der Waals surface area contributed by atoms with Crippen molar-refractivity contribution in [3.05, 3.63) is 77.3 Å². The molecule has 0 saturated heterocycles. The maximum absolute atomic E-state index is 12.8. The van der Waals surface area contributed by atoms with Crippen LogP contribution in [0.3, 0.4) is 0 Å². The molecule has 0 radical (unpaired) electrons. The molecule has 1 N–H and O–H groups in total. The van der Waals surface area contributed by atoms with Gasteiger partial charge in [-0.2, -0.15) is 18.3 Å². The van der Waals surface area contributed by atoms with E-state index in [0.29, 0.717) is 5.71 Å². The topological polar surface area (TPSA) is 42.2 Å². The Kier molecular flexibility index (Phi) is 4.99. The predicted octanol–water partition coefficient (Wildman–Crippen LogP) is 5.38. The number of benzene rings is 2. The Morgan fingerprint density at radius 1 is 1.15 bits per heavy atom. The molecule has 134 valence electrons. The van der Waals surface area contributed by atoms with Gasteiger partial charge in [0.05, 0.1) is 28.3 Å². The highest BCUT2D eigenvalue weighted by atomic mass is 35.5. The van der Waals surface area contributed by atoms with Gasteiger partial charge in [-0.25, -0.2) is 4.98 Å². The lowest BCUT2D eigenvalue weighted by Gasteiger charge is -2.11. The van der Waals surface area contributed by atoms with Crippen molar-refractivity contribution in [2.24, 2.45) is 5.10 Å². The molecule has 26 heavy (non-hydrogen) atoms. The molecular formula is C18H14ClF3N4. The van der Waals surface area contributed by atoms with Crippen molar-refractivity contribution in [3.8, 4) is 5.69 Å². The van der Waals surface area contributed by atoms with E-state index in [4.69, 9.17) is 11.6 Å². The Morgan fingerprint density at radius 3 is 2.50 bits per heavy atom. The Bertz CT molecular complexity index is 917. The third-order valence-electron chi connectivity index (χ3n) is 3.73. The summed E-state index contributed by atoms with van der Waals surface area (Å²) < 4.78 is 40.3. The van der Waals surface area contributed by atoms with Crippen LogP contribution in [0.15, 0.2) is 66.3 Å². The minimum absolute atomic E-state index is 0.0934. The molecule has 3 rings (SSSR count). The van der Waals surface area contributed by atoms with Crippen LogP contribution >= 0.6 is 11.6 Å². The zero-order valence-electron chi connectivity index (χ0n) is 13.6. The second-order valence-electron chi connectivity index (χ2n) is 5.52. The maximum Gasteiger partial charge on any atom is 0.416 e. The van der Waals surface area contributed by atoms with Crippen LogP contribution in [0.5, 0.6) is 0 Å². The van der Waals surface area contributed by atoms with E-state index < -0.39 is 11.7 Å². The van der Waals surface area contributed by atoms with E-state index in [0.717, 1.165) is 23.4 Å². The Balaban J connectivity index is 1.78. The predicted molar refractivity (Wildman–Crippen MR) is 95.9 cm³/mol. The molecule has 0 spiro atoms. The average molecular weight is 379 g/mol. The van der Waals surface area contributed by atoms with Crippen molar-refractivity contribution < 1.29 is 13.2 Å². The van der Waals surface area contributed by atoms with E-state index in [1.54, 1.807) is 19.4 Å². The van der Waals surface area contributed by atoms with Gasteiger partial charge in [0.2, 0.25) is 0 Å². The number of alkyl halides is 3. The molecule has 0 aliphatic carbocycles. The third kappa shape index (κ3) is 4.05. The average Bonchev–Trinajstić information content (AvgIpc) is 3.14. The first kappa shape index (κ1) is 18.0. The second kappa shape index (κ2) is 7.21. The fraction of sp³-hybridized carbons (Fsp3) is 0.111. The fourth-order valence-corrected chi connectivity index (χ4v) is 2.44. The minimum Gasteiger partial charge on any atom is -0.306 e. The van der Waals surface area contributed by atoms with Gasteiger partial charge in [-0.05, 0) is 42.8 Å². The molecule has 4 nitrogen and oxygen atoms in total. The van der Waals surface area contributed by atoms with Crippen LogP contribution in [-0.2, 0) is 6.18 Å². The SMILES string of the molecule is C/C(=N/Nc1cc(C(F)(F)F)ccc1Cl)c1ccc(-n2ccnc2)cc1. The molecule has 0 saturated carbocycles. The third-order valence-corrected chi connectivity index (χ3v) is 4.05. The molecule has 0 fully saturated rings. The molecule has 0 bridgehead atoms. The molecule has 0 unspecified atom stereocenters. The minimum atomic E-state index is -4.44. The first-order chi connectivity index (χ1) is 12.3. The molecule has 1 aromatic heterocycles. The number of halogens is 4. The molecule has 0 atom stereocenters. The van der Waals surface area contributed by atoms with Crippen LogP contribution in [0.4, 0.5) is 18.9 Å². The molecule has 2 aromatic carbocycles. The van der Waals surface area contributed by atoms with E-state index >= 15 is 0 Å². The van der Waals surface area contributed by atoms with Gasteiger partial charge in [0, 0.05) is 18.1 Å². The Morgan fingerprint density at radius 2 is 1.88 bits per heavy atom. The van der Waals surface area contributed by atoms with E-state index in [1.165, 1.54) is 6.07 Å². The van der Waals surface area contributed by atoms with E-state index in [2.05, 4.69) is 15.5 Å². The van der Waals surface area contributed by atoms with Crippen molar-refractivity contribution >= 4 is 23.0 Å². The fourth-order valence-electron chi connectivity index (χ4n) is 2.28. The summed E-state index contributed by atoms with van der Waals surface area (Å²) in [6.45, 7) is 1.75. The molecule has 1 heterocycles. The lowest BCUT2D eigenvalue weighted by Crippen LogP contribution is -2.06. The van der Waals surface area contributed by atoms with Gasteiger partial charge in [0.1, 0.15) is 0 Å². The summed E-state index contributed by atoms with van der Waals surface area (Å²) in [5.74, 6) is 0. The lowest BCUT2D eigenvalue weighted by molar-refractivity contribution is -0.137. The highest BCUT2D eigenvalue weighted by Gasteiger charge is 2.30. The summed E-state index contributed by atoms with van der Waals surface area (Å²) in [6.07, 6.45) is 0.757. The van der Waals surface area contributed by atoms with Crippen LogP contribution in [0.1, 0.15) is 18.1 Å². The van der Waals surface area contributed by atoms with Crippen LogP contribution in [-0.4, -0.2) is 15.3 Å². The number of hydrogen-bond donors (Lipinski definition) is 1. The first-order valence-electron chi connectivity index (χ1n) is 7.60. The van der Waals surface area contributed by atoms with Gasteiger partial charge in [0.15, 0.2) is 0 Å². The monoisotopic (exact) mass is 378 g/mol. The zero-order chi connectivity index (χ0) is 18.7. The summed E-state index contributed by atoms with van der Waals surface area (Å²) in [4.78, 5) is 3.99. The van der Waals surface area contributed by atoms with Gasteiger partial charge >= 0.3 is 6.18 Å². The number of nitrogens with one attached hydrogen (secondary N) is 1. The maximum atomic E-state index is 12.8. The molecule has 0 amide bonds. The van der Waals surface area contributed by atoms with Crippen molar-refractivity contribution in [2.75, 3.05) is 5.43 Å². The smallest absolute Gasteiger partial charge is 0.306 e. The lowest BCUT2D eigenvalue weighted by atomic mass is 10.1. The molecule has 3 aromatic rings. The number of hydrazone groups is 1. The van der Waals surface area contributed by atoms with E-state index in [-0.39, 0.29) is 10.7 Å². The summed E-state index contributed by atoms with van der Waals surface area (Å²) in [6, 6.07) is 10.6. The van der Waals surface area contributed by atoms with Gasteiger partial charge < -0.3 is 4.57 Å². The quantitative estimate of drug-likeness (QED) is 0.489. The Hall–Kier alpha value is -2.80. The van der Waals surface area contributed by atoms with Gasteiger partial charge in [-0.15, -0.1) is 0 Å². The highest BCUT2D eigenvalue weighted by Crippen LogP contribution is 2.33. The van der Waals surface area contributed by atoms with Gasteiger partial charge in [-0.1, -0.05) is 23.7 Å². The number of imidazole rings is 1. The van der Waals surface area contributed by atoms with Gasteiger partial charge in [0.25, 0.3) is 0 Å². The number of aromatic nitrogens is 2. The van der Waals surface area contributed by atoms with Crippen LogP contribution in [0, 0.1) is 0 Å². The van der Waals surface area contributed by atoms with Crippen LogP contribution < -0.4 is 5.43 Å². The number of anilines is 1. The van der Waals surface area contributed by atoms with Crippen LogP contribution in [0.25, 0.3) is 5.69 Å². The summed E-state index contributed by atoms with van der Waals surface area (Å²) in [5.41, 5.74) is 4.28. The summed E-state index contributed by atoms with van der Waals surface area (Å²) >= 11 is 5.95. The summed E-state index contributed by atoms with van der Waals surface area (Å²) in [5, 5.41) is 4.29. The standard InChI is InChI=1S/C18H14ClF3N4/c1-12(13-2-5-15(6-3-13)26-9-8-23-11-26)24-25-17-10-14(18(20,21)22)4-7-16(17)19/h2-11,25H,1H3/b24-12-. The first-order valence-corrected chi connectivity index (χ1v) is 7.98. The number of nitrogens with zero attached hydrogens (tertiary/aromatic N) is 3.